The van der Waals surface area contributed by atoms with E-state index in [1.807, 2.05) is 31.2 Å². The molecule has 0 aromatic heterocycles. The van der Waals surface area contributed by atoms with Crippen LogP contribution in [0.2, 0.25) is 0 Å². The Labute approximate surface area is 216 Å². The summed E-state index contributed by atoms with van der Waals surface area (Å²) in [7, 11) is -3.87. The van der Waals surface area contributed by atoms with Gasteiger partial charge in [-0.15, -0.1) is 0 Å². The number of nitrogens with zero attached hydrogens (tertiary/aromatic N) is 1. The Bertz CT molecular complexity index is 1240. The third-order valence-corrected chi connectivity index (χ3v) is 8.76. The molecule has 4 atom stereocenters. The van der Waals surface area contributed by atoms with Crippen molar-refractivity contribution in [3.8, 4) is 11.5 Å². The Morgan fingerprint density at radius 2 is 1.95 bits per heavy atom. The summed E-state index contributed by atoms with van der Waals surface area (Å²) in [6.07, 6.45) is -0.705. The number of nitrogens with one attached hydrogen (secondary N) is 1. The number of aryl methyl sites for hydroxylation is 1. The molecule has 5 rings (SSSR count). The van der Waals surface area contributed by atoms with Crippen molar-refractivity contribution in [3.63, 3.8) is 0 Å². The number of ether oxygens (including phenoxy) is 4. The van der Waals surface area contributed by atoms with Gasteiger partial charge in [0.1, 0.15) is 0 Å². The minimum absolute atomic E-state index is 0.00705. The van der Waals surface area contributed by atoms with Crippen LogP contribution in [-0.2, 0) is 30.8 Å². The van der Waals surface area contributed by atoms with Gasteiger partial charge in [-0.3, -0.25) is 4.79 Å². The molecule has 0 spiro atoms. The predicted molar refractivity (Wildman–Crippen MR) is 133 cm³/mol. The summed E-state index contributed by atoms with van der Waals surface area (Å²) in [6, 6.07) is 11.8. The summed E-state index contributed by atoms with van der Waals surface area (Å²) >= 11 is 0. The molecule has 0 aliphatic carbocycles. The van der Waals surface area contributed by atoms with E-state index in [0.717, 1.165) is 11.1 Å². The average molecular weight is 533 g/mol. The highest BCUT2D eigenvalue weighted by Gasteiger charge is 2.43. The van der Waals surface area contributed by atoms with Crippen molar-refractivity contribution in [1.29, 1.82) is 0 Å². The molecule has 2 aromatic carbocycles. The van der Waals surface area contributed by atoms with Gasteiger partial charge in [-0.1, -0.05) is 18.2 Å². The third kappa shape index (κ3) is 5.91. The fourth-order valence-corrected chi connectivity index (χ4v) is 6.83. The first-order valence-electron chi connectivity index (χ1n) is 12.4. The molecule has 0 saturated carbocycles. The number of amides is 1. The lowest BCUT2D eigenvalue weighted by molar-refractivity contribution is -0.146. The van der Waals surface area contributed by atoms with Crippen molar-refractivity contribution >= 4 is 15.9 Å². The summed E-state index contributed by atoms with van der Waals surface area (Å²) in [5.74, 6) is 1.19. The Kier molecular flexibility index (Phi) is 7.68. The summed E-state index contributed by atoms with van der Waals surface area (Å²) in [4.78, 5) is 12.9. The number of carbonyl (C=O) groups excluding carboxylic acids is 1. The predicted octanol–water partition coefficient (Wildman–Crippen LogP) is 1.73. The van der Waals surface area contributed by atoms with Crippen LogP contribution in [0.4, 0.5) is 0 Å². The molecule has 0 unspecified atom stereocenters. The number of carbonyl (C=O) groups is 1. The van der Waals surface area contributed by atoms with E-state index in [4.69, 9.17) is 18.9 Å². The summed E-state index contributed by atoms with van der Waals surface area (Å²) in [5, 5.41) is 13.3. The minimum atomic E-state index is -3.87. The van der Waals surface area contributed by atoms with Crippen molar-refractivity contribution in [2.45, 2.75) is 62.0 Å². The van der Waals surface area contributed by atoms with Crippen molar-refractivity contribution in [1.82, 2.24) is 9.62 Å². The molecule has 3 aliphatic heterocycles. The number of hydrogen-bond donors (Lipinski definition) is 2. The third-order valence-electron chi connectivity index (χ3n) is 6.87. The summed E-state index contributed by atoms with van der Waals surface area (Å²) in [5.41, 5.74) is 1.73. The lowest BCUT2D eigenvalue weighted by Gasteiger charge is -2.43. The maximum Gasteiger partial charge on any atom is 0.243 e. The highest BCUT2D eigenvalue weighted by Crippen LogP contribution is 2.33. The van der Waals surface area contributed by atoms with Gasteiger partial charge in [0.15, 0.2) is 11.5 Å². The van der Waals surface area contributed by atoms with Gasteiger partial charge in [0, 0.05) is 13.1 Å². The zero-order chi connectivity index (χ0) is 26.0. The zero-order valence-electron chi connectivity index (χ0n) is 20.7. The standard InChI is InChI=1S/C26H32N2O8S/c1-17-3-2-4-21(9-17)37(31,32)28-13-19(29)14-33-15-25-22(28)7-6-20(36-25)11-26(30)27-12-18-5-8-23-24(10-18)35-16-34-23/h2-5,8-10,19-20,22,25,29H,6-7,11-16H2,1H3,(H,27,30)/t19-,20+,22+,25-/m1/s1. The van der Waals surface area contributed by atoms with Gasteiger partial charge in [0.05, 0.1) is 48.9 Å². The highest BCUT2D eigenvalue weighted by atomic mass is 32.2. The Morgan fingerprint density at radius 1 is 1.11 bits per heavy atom. The zero-order valence-corrected chi connectivity index (χ0v) is 21.5. The molecule has 11 heteroatoms. The number of rotatable bonds is 6. The van der Waals surface area contributed by atoms with Crippen molar-refractivity contribution < 1.29 is 37.3 Å². The van der Waals surface area contributed by atoms with Crippen LogP contribution in [0.5, 0.6) is 11.5 Å². The molecule has 1 amide bonds. The van der Waals surface area contributed by atoms with E-state index in [1.54, 1.807) is 18.2 Å². The van der Waals surface area contributed by atoms with E-state index in [9.17, 15) is 18.3 Å². The lowest BCUT2D eigenvalue weighted by atomic mass is 9.96. The smallest absolute Gasteiger partial charge is 0.243 e. The second-order valence-electron chi connectivity index (χ2n) is 9.69. The van der Waals surface area contributed by atoms with E-state index in [-0.39, 0.29) is 49.9 Å². The van der Waals surface area contributed by atoms with Gasteiger partial charge >= 0.3 is 0 Å². The maximum absolute atomic E-state index is 13.6. The highest BCUT2D eigenvalue weighted by molar-refractivity contribution is 7.89. The van der Waals surface area contributed by atoms with Crippen molar-refractivity contribution in [2.24, 2.45) is 0 Å². The van der Waals surface area contributed by atoms with Gasteiger partial charge in [-0.05, 0) is 55.2 Å². The molecule has 10 nitrogen and oxygen atoms in total. The second-order valence-corrected chi connectivity index (χ2v) is 11.6. The van der Waals surface area contributed by atoms with Gasteiger partial charge in [-0.25, -0.2) is 8.42 Å². The molecule has 2 saturated heterocycles. The Morgan fingerprint density at radius 3 is 2.78 bits per heavy atom. The molecule has 37 heavy (non-hydrogen) atoms. The average Bonchev–Trinajstić information content (AvgIpc) is 3.33. The first-order chi connectivity index (χ1) is 17.8. The second kappa shape index (κ2) is 11.0. The van der Waals surface area contributed by atoms with E-state index in [2.05, 4.69) is 5.32 Å². The van der Waals surface area contributed by atoms with E-state index in [0.29, 0.717) is 30.9 Å². The molecule has 3 heterocycles. The number of benzene rings is 2. The number of β-amino-alcohol motifs (C(OH)–C–C–N with tert-alkyl or cyclic N) is 1. The molecular weight excluding hydrogens is 500 g/mol. The topological polar surface area (TPSA) is 124 Å². The lowest BCUT2D eigenvalue weighted by Crippen LogP contribution is -2.57. The Hall–Kier alpha value is -2.70. The van der Waals surface area contributed by atoms with E-state index in [1.165, 1.54) is 4.31 Å². The fourth-order valence-electron chi connectivity index (χ4n) is 5.01. The first kappa shape index (κ1) is 25.9. The van der Waals surface area contributed by atoms with Crippen LogP contribution in [0, 0.1) is 6.92 Å². The first-order valence-corrected chi connectivity index (χ1v) is 13.9. The molecule has 2 fully saturated rings. The normalized spacial score (nSPS) is 26.1. The quantitative estimate of drug-likeness (QED) is 0.577. The number of fused-ring (bicyclic) bond motifs is 2. The van der Waals surface area contributed by atoms with Gasteiger partial charge in [0.2, 0.25) is 22.7 Å². The monoisotopic (exact) mass is 532 g/mol. The van der Waals surface area contributed by atoms with Crippen molar-refractivity contribution in [2.75, 3.05) is 26.6 Å². The van der Waals surface area contributed by atoms with Crippen LogP contribution < -0.4 is 14.8 Å². The van der Waals surface area contributed by atoms with Gasteiger partial charge in [-0.2, -0.15) is 4.31 Å². The van der Waals surface area contributed by atoms with Crippen LogP contribution in [0.25, 0.3) is 0 Å². The number of aliphatic hydroxyl groups excluding tert-OH is 1. The Balaban J connectivity index is 1.23. The molecule has 0 radical (unpaired) electrons. The minimum Gasteiger partial charge on any atom is -0.454 e. The van der Waals surface area contributed by atoms with Crippen LogP contribution in [0.3, 0.4) is 0 Å². The summed E-state index contributed by atoms with van der Waals surface area (Å²) in [6.45, 7) is 2.44. The SMILES string of the molecule is Cc1cccc(S(=O)(=O)N2C[C@@H](O)COC[C@H]3O[C@H](CC(=O)NCc4ccc5c(c4)OCO5)CC[C@@H]32)c1. The fraction of sp³-hybridized carbons (Fsp3) is 0.500. The van der Waals surface area contributed by atoms with Crippen LogP contribution in [0.1, 0.15) is 30.4 Å². The van der Waals surface area contributed by atoms with E-state index >= 15 is 0 Å². The van der Waals surface area contributed by atoms with E-state index < -0.39 is 28.3 Å². The van der Waals surface area contributed by atoms with Gasteiger partial charge in [0.25, 0.3) is 0 Å². The number of sulfonamides is 1. The maximum atomic E-state index is 13.6. The molecule has 3 aliphatic rings. The largest absolute Gasteiger partial charge is 0.454 e. The molecule has 200 valence electrons. The number of aliphatic hydroxyl groups is 1. The molecule has 2 N–H and O–H groups in total. The number of hydrogen-bond acceptors (Lipinski definition) is 8. The molecule has 2 aromatic rings. The van der Waals surface area contributed by atoms with Crippen LogP contribution in [0.15, 0.2) is 47.4 Å². The van der Waals surface area contributed by atoms with Crippen LogP contribution >= 0.6 is 0 Å². The van der Waals surface area contributed by atoms with Crippen molar-refractivity contribution in [3.05, 3.63) is 53.6 Å². The molecular formula is C26H32N2O8S. The van der Waals surface area contributed by atoms with Crippen LogP contribution in [-0.4, -0.2) is 74.6 Å². The van der Waals surface area contributed by atoms with Gasteiger partial charge < -0.3 is 29.4 Å². The summed E-state index contributed by atoms with van der Waals surface area (Å²) < 4.78 is 51.1. The molecule has 0 bridgehead atoms.